The van der Waals surface area contributed by atoms with Crippen LogP contribution in [-0.2, 0) is 22.6 Å². The summed E-state index contributed by atoms with van der Waals surface area (Å²) >= 11 is 0. The van der Waals surface area contributed by atoms with Gasteiger partial charge in [-0.25, -0.2) is 9.13 Å². The molecule has 1 heterocycles. The Morgan fingerprint density at radius 3 is 2.26 bits per heavy atom. The fraction of sp³-hybridized carbons (Fsp3) is 0.800. The molecule has 0 saturated carbocycles. The summed E-state index contributed by atoms with van der Waals surface area (Å²) in [6.45, 7) is 3.99. The van der Waals surface area contributed by atoms with E-state index < -0.39 is 0 Å². The first kappa shape index (κ1) is 16.2. The first-order valence-corrected chi connectivity index (χ1v) is 7.39. The molecule has 0 radical (unpaired) electrons. The number of rotatable bonds is 12. The standard InChI is InChI=1S/C15H29N2O2/c1-18-13-7-3-5-9-16-11-12-17(15-16)10-6-4-8-14-19-2/h11-12,15H,3-10,13-14H2,1-2H3/q+1. The summed E-state index contributed by atoms with van der Waals surface area (Å²) in [5.74, 6) is 0. The normalized spacial score (nSPS) is 11.1. The van der Waals surface area contributed by atoms with Crippen molar-refractivity contribution in [3.05, 3.63) is 18.7 Å². The Morgan fingerprint density at radius 1 is 0.895 bits per heavy atom. The van der Waals surface area contributed by atoms with Gasteiger partial charge in [0.1, 0.15) is 12.4 Å². The average Bonchev–Trinajstić information content (AvgIpc) is 2.86. The summed E-state index contributed by atoms with van der Waals surface area (Å²) in [6.07, 6.45) is 13.8. The fourth-order valence-corrected chi connectivity index (χ4v) is 2.14. The van der Waals surface area contributed by atoms with Crippen molar-refractivity contribution in [2.75, 3.05) is 27.4 Å². The number of aromatic nitrogens is 2. The molecule has 1 aromatic rings. The van der Waals surface area contributed by atoms with Crippen LogP contribution in [0.4, 0.5) is 0 Å². The van der Waals surface area contributed by atoms with E-state index in [1.807, 2.05) is 0 Å². The monoisotopic (exact) mass is 269 g/mol. The minimum atomic E-state index is 0.882. The minimum absolute atomic E-state index is 0.882. The first-order valence-electron chi connectivity index (χ1n) is 7.39. The summed E-state index contributed by atoms with van der Waals surface area (Å²) in [6, 6.07) is 0. The molecule has 0 aromatic carbocycles. The van der Waals surface area contributed by atoms with E-state index in [-0.39, 0.29) is 0 Å². The van der Waals surface area contributed by atoms with Crippen LogP contribution < -0.4 is 4.57 Å². The Morgan fingerprint density at radius 2 is 1.58 bits per heavy atom. The molecule has 0 N–H and O–H groups in total. The predicted molar refractivity (Wildman–Crippen MR) is 76.1 cm³/mol. The Hall–Kier alpha value is -0.870. The van der Waals surface area contributed by atoms with Crippen LogP contribution >= 0.6 is 0 Å². The van der Waals surface area contributed by atoms with Gasteiger partial charge < -0.3 is 9.47 Å². The van der Waals surface area contributed by atoms with Crippen LogP contribution in [0.3, 0.4) is 0 Å². The molecule has 0 atom stereocenters. The minimum Gasteiger partial charge on any atom is -0.385 e. The van der Waals surface area contributed by atoms with Gasteiger partial charge in [0.15, 0.2) is 0 Å². The van der Waals surface area contributed by atoms with E-state index in [0.29, 0.717) is 0 Å². The number of nitrogens with zero attached hydrogens (tertiary/aromatic N) is 2. The van der Waals surface area contributed by atoms with Gasteiger partial charge in [-0.05, 0) is 38.5 Å². The largest absolute Gasteiger partial charge is 0.385 e. The van der Waals surface area contributed by atoms with Gasteiger partial charge in [-0.2, -0.15) is 0 Å². The first-order chi connectivity index (χ1) is 9.36. The second kappa shape index (κ2) is 11.0. The maximum absolute atomic E-state index is 5.05. The van der Waals surface area contributed by atoms with Crippen molar-refractivity contribution in [1.82, 2.24) is 4.57 Å². The maximum atomic E-state index is 5.05. The molecule has 0 aliphatic carbocycles. The molecular formula is C15H29N2O2+. The van der Waals surface area contributed by atoms with Gasteiger partial charge in [-0.15, -0.1) is 0 Å². The van der Waals surface area contributed by atoms with Gasteiger partial charge in [-0.3, -0.25) is 0 Å². The average molecular weight is 269 g/mol. The van der Waals surface area contributed by atoms with Crippen molar-refractivity contribution in [3.63, 3.8) is 0 Å². The van der Waals surface area contributed by atoms with E-state index in [2.05, 4.69) is 27.9 Å². The van der Waals surface area contributed by atoms with Crippen LogP contribution in [0.5, 0.6) is 0 Å². The molecule has 0 fully saturated rings. The number of unbranched alkanes of at least 4 members (excludes halogenated alkanes) is 4. The molecule has 0 unspecified atom stereocenters. The Labute approximate surface area is 117 Å². The second-order valence-corrected chi connectivity index (χ2v) is 5.00. The van der Waals surface area contributed by atoms with Crippen LogP contribution in [0, 0.1) is 0 Å². The Bertz CT molecular complexity index is 284. The number of ether oxygens (including phenoxy) is 2. The summed E-state index contributed by atoms with van der Waals surface area (Å²) in [5, 5.41) is 0. The quantitative estimate of drug-likeness (QED) is 0.430. The van der Waals surface area contributed by atoms with Crippen molar-refractivity contribution in [1.29, 1.82) is 0 Å². The van der Waals surface area contributed by atoms with Crippen LogP contribution in [0.1, 0.15) is 38.5 Å². The summed E-state index contributed by atoms with van der Waals surface area (Å²) < 4.78 is 14.7. The number of hydrogen-bond donors (Lipinski definition) is 0. The molecule has 1 aromatic heterocycles. The zero-order valence-corrected chi connectivity index (χ0v) is 12.5. The van der Waals surface area contributed by atoms with E-state index in [1.165, 1.54) is 25.7 Å². The van der Waals surface area contributed by atoms with E-state index >= 15 is 0 Å². The van der Waals surface area contributed by atoms with Gasteiger partial charge in [0.05, 0.1) is 13.1 Å². The molecule has 0 bridgehead atoms. The Kier molecular flexibility index (Phi) is 9.37. The zero-order chi connectivity index (χ0) is 13.8. The molecule has 1 rings (SSSR count). The topological polar surface area (TPSA) is 27.3 Å². The molecule has 0 aliphatic heterocycles. The molecule has 110 valence electrons. The van der Waals surface area contributed by atoms with Crippen molar-refractivity contribution in [3.8, 4) is 0 Å². The summed E-state index contributed by atoms with van der Waals surface area (Å²) in [4.78, 5) is 0. The van der Waals surface area contributed by atoms with Crippen molar-refractivity contribution < 1.29 is 14.0 Å². The Balaban J connectivity index is 2.07. The van der Waals surface area contributed by atoms with E-state index in [1.54, 1.807) is 14.2 Å². The lowest BCUT2D eigenvalue weighted by Crippen LogP contribution is -2.30. The number of hydrogen-bond acceptors (Lipinski definition) is 2. The van der Waals surface area contributed by atoms with Gasteiger partial charge in [0, 0.05) is 27.4 Å². The molecule has 0 spiro atoms. The molecule has 4 nitrogen and oxygen atoms in total. The molecule has 0 aliphatic rings. The third kappa shape index (κ3) is 8.01. The van der Waals surface area contributed by atoms with E-state index in [0.717, 1.165) is 39.1 Å². The zero-order valence-electron chi connectivity index (χ0n) is 12.5. The highest BCUT2D eigenvalue weighted by Crippen LogP contribution is 1.99. The maximum Gasteiger partial charge on any atom is 0.243 e. The molecule has 0 amide bonds. The lowest BCUT2D eigenvalue weighted by atomic mass is 10.2. The van der Waals surface area contributed by atoms with Gasteiger partial charge in [0.2, 0.25) is 6.33 Å². The highest BCUT2D eigenvalue weighted by molar-refractivity contribution is 4.66. The van der Waals surface area contributed by atoms with Gasteiger partial charge in [0.25, 0.3) is 0 Å². The molecule has 0 saturated heterocycles. The van der Waals surface area contributed by atoms with Gasteiger partial charge >= 0.3 is 0 Å². The van der Waals surface area contributed by atoms with Crippen molar-refractivity contribution in [2.24, 2.45) is 0 Å². The second-order valence-electron chi connectivity index (χ2n) is 5.00. The third-order valence-electron chi connectivity index (χ3n) is 3.28. The van der Waals surface area contributed by atoms with Crippen LogP contribution in [-0.4, -0.2) is 32.0 Å². The van der Waals surface area contributed by atoms with E-state index in [4.69, 9.17) is 9.47 Å². The summed E-state index contributed by atoms with van der Waals surface area (Å²) in [7, 11) is 3.53. The van der Waals surface area contributed by atoms with Gasteiger partial charge in [-0.1, -0.05) is 0 Å². The van der Waals surface area contributed by atoms with Crippen LogP contribution in [0.15, 0.2) is 18.7 Å². The van der Waals surface area contributed by atoms with Crippen molar-refractivity contribution >= 4 is 0 Å². The SMILES string of the molecule is COCCCCCn1cc[n+](CCCCCOC)c1. The lowest BCUT2D eigenvalue weighted by molar-refractivity contribution is -0.696. The lowest BCUT2D eigenvalue weighted by Gasteiger charge is -1.99. The molecule has 4 heteroatoms. The third-order valence-corrected chi connectivity index (χ3v) is 3.28. The van der Waals surface area contributed by atoms with Crippen molar-refractivity contribution in [2.45, 2.75) is 51.6 Å². The number of imidazole rings is 1. The van der Waals surface area contributed by atoms with Crippen LogP contribution in [0.2, 0.25) is 0 Å². The molecule has 19 heavy (non-hydrogen) atoms. The molecular weight excluding hydrogens is 240 g/mol. The fourth-order valence-electron chi connectivity index (χ4n) is 2.14. The number of methoxy groups -OCH3 is 2. The highest BCUT2D eigenvalue weighted by Gasteiger charge is 2.03. The summed E-state index contributed by atoms with van der Waals surface area (Å²) in [5.41, 5.74) is 0. The number of aryl methyl sites for hydroxylation is 2. The highest BCUT2D eigenvalue weighted by atomic mass is 16.5. The predicted octanol–water partition coefficient (Wildman–Crippen LogP) is 2.41. The smallest absolute Gasteiger partial charge is 0.243 e. The van der Waals surface area contributed by atoms with E-state index in [9.17, 15) is 0 Å². The van der Waals surface area contributed by atoms with Crippen LogP contribution in [0.25, 0.3) is 0 Å².